The number of nitrogens with one attached hydrogen (secondary N) is 1. The number of hydrogen-bond donors (Lipinski definition) is 2. The zero-order valence-electron chi connectivity index (χ0n) is 18.8. The first-order valence-electron chi connectivity index (χ1n) is 11.3. The van der Waals surface area contributed by atoms with Gasteiger partial charge < -0.3 is 11.1 Å². The van der Waals surface area contributed by atoms with Crippen molar-refractivity contribution >= 4 is 33.4 Å². The van der Waals surface area contributed by atoms with E-state index in [1.165, 1.54) is 16.4 Å². The van der Waals surface area contributed by atoms with Crippen LogP contribution in [-0.2, 0) is 19.6 Å². The minimum absolute atomic E-state index is 0.0117. The van der Waals surface area contributed by atoms with E-state index >= 15 is 0 Å². The third-order valence-electron chi connectivity index (χ3n) is 7.96. The number of nitrogens with two attached hydrogens (primary N) is 1. The maximum Gasteiger partial charge on any atom is 0.245 e. The first-order chi connectivity index (χ1) is 14.9. The Labute approximate surface area is 195 Å². The number of carbonyl (C=O) groups is 2. The number of halogens is 1. The SMILES string of the molecule is CCN(C(C)(C)C(=O)NC1C2CC3CC1CC(C(N)=O)(C3)C2)S(=O)(=O)c1ccccc1Cl. The highest BCUT2D eigenvalue weighted by atomic mass is 35.5. The lowest BCUT2D eigenvalue weighted by molar-refractivity contribution is -0.148. The van der Waals surface area contributed by atoms with E-state index in [0.717, 1.165) is 19.3 Å². The van der Waals surface area contributed by atoms with E-state index < -0.39 is 21.0 Å². The number of benzene rings is 1. The molecule has 1 aromatic rings. The monoisotopic (exact) mass is 481 g/mol. The second-order valence-electron chi connectivity index (χ2n) is 10.3. The van der Waals surface area contributed by atoms with Gasteiger partial charge in [-0.05, 0) is 75.8 Å². The number of amides is 2. The van der Waals surface area contributed by atoms with Crippen molar-refractivity contribution in [1.82, 2.24) is 9.62 Å². The summed E-state index contributed by atoms with van der Waals surface area (Å²) in [6.07, 6.45) is 4.23. The number of rotatable bonds is 7. The van der Waals surface area contributed by atoms with Crippen LogP contribution in [0.15, 0.2) is 29.2 Å². The molecule has 4 aliphatic carbocycles. The predicted molar refractivity (Wildman–Crippen MR) is 122 cm³/mol. The van der Waals surface area contributed by atoms with Crippen LogP contribution in [0.2, 0.25) is 5.02 Å². The van der Waals surface area contributed by atoms with Crippen LogP contribution < -0.4 is 11.1 Å². The van der Waals surface area contributed by atoms with Gasteiger partial charge in [-0.3, -0.25) is 9.59 Å². The molecule has 0 saturated heterocycles. The number of carbonyl (C=O) groups excluding carboxylic acids is 2. The zero-order valence-corrected chi connectivity index (χ0v) is 20.4. The highest BCUT2D eigenvalue weighted by Crippen LogP contribution is 2.60. The lowest BCUT2D eigenvalue weighted by atomic mass is 9.47. The summed E-state index contributed by atoms with van der Waals surface area (Å²) >= 11 is 6.17. The van der Waals surface area contributed by atoms with Gasteiger partial charge in [0.15, 0.2) is 0 Å². The summed E-state index contributed by atoms with van der Waals surface area (Å²) in [7, 11) is -3.99. The number of primary amides is 1. The lowest BCUT2D eigenvalue weighted by Crippen LogP contribution is -2.65. The van der Waals surface area contributed by atoms with Gasteiger partial charge in [0, 0.05) is 18.0 Å². The van der Waals surface area contributed by atoms with Crippen molar-refractivity contribution in [3.8, 4) is 0 Å². The van der Waals surface area contributed by atoms with E-state index in [9.17, 15) is 18.0 Å². The van der Waals surface area contributed by atoms with Crippen molar-refractivity contribution in [2.24, 2.45) is 28.9 Å². The van der Waals surface area contributed by atoms with Gasteiger partial charge in [-0.2, -0.15) is 4.31 Å². The maximum absolute atomic E-state index is 13.5. The summed E-state index contributed by atoms with van der Waals surface area (Å²) in [5.74, 6) is 0.326. The van der Waals surface area contributed by atoms with Crippen molar-refractivity contribution < 1.29 is 18.0 Å². The van der Waals surface area contributed by atoms with Gasteiger partial charge in [-0.15, -0.1) is 0 Å². The Balaban J connectivity index is 1.56. The highest BCUT2D eigenvalue weighted by molar-refractivity contribution is 7.89. The molecule has 4 saturated carbocycles. The normalized spacial score (nSPS) is 31.7. The second-order valence-corrected chi connectivity index (χ2v) is 12.5. The van der Waals surface area contributed by atoms with Gasteiger partial charge in [-0.25, -0.2) is 8.42 Å². The molecule has 4 bridgehead atoms. The molecular weight excluding hydrogens is 450 g/mol. The average molecular weight is 482 g/mol. The van der Waals surface area contributed by atoms with Crippen molar-refractivity contribution in [3.05, 3.63) is 29.3 Å². The van der Waals surface area contributed by atoms with Crippen molar-refractivity contribution in [1.29, 1.82) is 0 Å². The standard InChI is InChI=1S/C23H32ClN3O4S/c1-4-27(32(30,31)18-8-6-5-7-17(18)24)22(2,3)21(29)26-19-15-9-14-10-16(19)13-23(11-14,12-15)20(25)28/h5-8,14-16,19H,4,9-13H2,1-3H3,(H2,25,28)(H,26,29). The van der Waals surface area contributed by atoms with Gasteiger partial charge in [0.05, 0.1) is 5.02 Å². The van der Waals surface area contributed by atoms with E-state index in [1.807, 2.05) is 0 Å². The fraction of sp³-hybridized carbons (Fsp3) is 0.652. The molecule has 0 aromatic heterocycles. The molecule has 4 aliphatic rings. The molecule has 0 heterocycles. The molecule has 1 aromatic carbocycles. The third-order valence-corrected chi connectivity index (χ3v) is 10.6. The molecule has 5 rings (SSSR count). The van der Waals surface area contributed by atoms with E-state index in [1.54, 1.807) is 32.9 Å². The Morgan fingerprint density at radius 2 is 1.78 bits per heavy atom. The first-order valence-corrected chi connectivity index (χ1v) is 13.1. The van der Waals surface area contributed by atoms with Gasteiger partial charge >= 0.3 is 0 Å². The van der Waals surface area contributed by atoms with Crippen molar-refractivity contribution in [2.75, 3.05) is 6.54 Å². The van der Waals surface area contributed by atoms with Crippen LogP contribution in [0.25, 0.3) is 0 Å². The van der Waals surface area contributed by atoms with E-state index in [-0.39, 0.29) is 46.2 Å². The van der Waals surface area contributed by atoms with Gasteiger partial charge in [-0.1, -0.05) is 30.7 Å². The molecule has 0 aliphatic heterocycles. The van der Waals surface area contributed by atoms with Gasteiger partial charge in [0.1, 0.15) is 10.4 Å². The second kappa shape index (κ2) is 7.99. The predicted octanol–water partition coefficient (Wildman–Crippen LogP) is 2.93. The summed E-state index contributed by atoms with van der Waals surface area (Å²) in [4.78, 5) is 25.7. The van der Waals surface area contributed by atoms with Crippen LogP contribution in [0, 0.1) is 23.2 Å². The summed E-state index contributed by atoms with van der Waals surface area (Å²) in [5, 5.41) is 3.31. The topological polar surface area (TPSA) is 110 Å². The third kappa shape index (κ3) is 3.64. The molecule has 0 spiro atoms. The maximum atomic E-state index is 13.5. The Hall–Kier alpha value is -1.64. The summed E-state index contributed by atoms with van der Waals surface area (Å²) in [5.41, 5.74) is 4.02. The minimum Gasteiger partial charge on any atom is -0.369 e. The van der Waals surface area contributed by atoms with Crippen LogP contribution >= 0.6 is 11.6 Å². The Morgan fingerprint density at radius 3 is 2.31 bits per heavy atom. The summed E-state index contributed by atoms with van der Waals surface area (Å²) in [6, 6.07) is 6.20. The van der Waals surface area contributed by atoms with E-state index in [4.69, 9.17) is 17.3 Å². The molecule has 2 atom stereocenters. The number of sulfonamides is 1. The van der Waals surface area contributed by atoms with Crippen LogP contribution in [-0.4, -0.2) is 42.7 Å². The summed E-state index contributed by atoms with van der Waals surface area (Å²) < 4.78 is 28.0. The van der Waals surface area contributed by atoms with Gasteiger partial charge in [0.25, 0.3) is 0 Å². The molecule has 2 unspecified atom stereocenters. The first kappa shape index (κ1) is 23.5. The molecule has 9 heteroatoms. The molecule has 7 nitrogen and oxygen atoms in total. The zero-order chi connectivity index (χ0) is 23.5. The smallest absolute Gasteiger partial charge is 0.245 e. The molecule has 0 radical (unpaired) electrons. The number of likely N-dealkylation sites (N-methyl/N-ethyl adjacent to an activating group) is 1. The fourth-order valence-corrected chi connectivity index (χ4v) is 8.90. The van der Waals surface area contributed by atoms with Crippen LogP contribution in [0.4, 0.5) is 0 Å². The quantitative estimate of drug-likeness (QED) is 0.623. The molecule has 4 fully saturated rings. The lowest BCUT2D eigenvalue weighted by Gasteiger charge is -2.59. The largest absolute Gasteiger partial charge is 0.369 e. The van der Waals surface area contributed by atoms with E-state index in [0.29, 0.717) is 18.8 Å². The number of nitrogens with zero attached hydrogens (tertiary/aromatic N) is 1. The fourth-order valence-electron chi connectivity index (χ4n) is 6.64. The molecule has 3 N–H and O–H groups in total. The summed E-state index contributed by atoms with van der Waals surface area (Å²) in [6.45, 7) is 5.09. The minimum atomic E-state index is -3.99. The Morgan fingerprint density at radius 1 is 1.19 bits per heavy atom. The van der Waals surface area contributed by atoms with Crippen LogP contribution in [0.3, 0.4) is 0 Å². The van der Waals surface area contributed by atoms with E-state index in [2.05, 4.69) is 5.32 Å². The average Bonchev–Trinajstić information content (AvgIpc) is 2.70. The highest BCUT2D eigenvalue weighted by Gasteiger charge is 2.58. The Bertz CT molecular complexity index is 1030. The van der Waals surface area contributed by atoms with Crippen molar-refractivity contribution in [3.63, 3.8) is 0 Å². The Kier molecular flexibility index (Phi) is 5.87. The molecule has 2 amide bonds. The van der Waals surface area contributed by atoms with Crippen LogP contribution in [0.1, 0.15) is 52.9 Å². The number of hydrogen-bond acceptors (Lipinski definition) is 4. The van der Waals surface area contributed by atoms with Crippen molar-refractivity contribution in [2.45, 2.75) is 69.4 Å². The van der Waals surface area contributed by atoms with Gasteiger partial charge in [0.2, 0.25) is 21.8 Å². The van der Waals surface area contributed by atoms with Crippen LogP contribution in [0.5, 0.6) is 0 Å². The molecule has 32 heavy (non-hydrogen) atoms. The molecular formula is C23H32ClN3O4S. The molecule has 176 valence electrons.